The van der Waals surface area contributed by atoms with Gasteiger partial charge >= 0.3 is 0 Å². The number of nitrogens with one attached hydrogen (secondary N) is 1. The quantitative estimate of drug-likeness (QED) is 0.914. The Morgan fingerprint density at radius 1 is 1.20 bits per heavy atom. The highest BCUT2D eigenvalue weighted by atomic mass is 19.1. The minimum Gasteiger partial charge on any atom is -0.496 e. The maximum absolute atomic E-state index is 14.2. The Morgan fingerprint density at radius 2 is 2.00 bits per heavy atom. The minimum atomic E-state index is -0.602. The molecule has 0 aliphatic carbocycles. The van der Waals surface area contributed by atoms with E-state index in [0.717, 1.165) is 0 Å². The van der Waals surface area contributed by atoms with Gasteiger partial charge in [-0.25, -0.2) is 8.78 Å². The van der Waals surface area contributed by atoms with E-state index in [0.29, 0.717) is 11.3 Å². The van der Waals surface area contributed by atoms with Crippen molar-refractivity contribution < 1.29 is 18.3 Å². The van der Waals surface area contributed by atoms with E-state index in [1.807, 2.05) is 0 Å². The van der Waals surface area contributed by atoms with Crippen LogP contribution in [0.25, 0.3) is 11.1 Å². The first kappa shape index (κ1) is 12.6. The van der Waals surface area contributed by atoms with Crippen molar-refractivity contribution in [3.8, 4) is 16.9 Å². The Balaban J connectivity index is 2.22. The Hall–Kier alpha value is -2.43. The summed E-state index contributed by atoms with van der Waals surface area (Å²) < 4.78 is 33.3. The van der Waals surface area contributed by atoms with Crippen LogP contribution in [0.1, 0.15) is 5.56 Å². The molecule has 3 nitrogen and oxygen atoms in total. The summed E-state index contributed by atoms with van der Waals surface area (Å²) in [5.41, 5.74) is 1.24. The molecular formula is C15H11F2NO2. The average molecular weight is 275 g/mol. The Kier molecular flexibility index (Phi) is 2.89. The van der Waals surface area contributed by atoms with Gasteiger partial charge in [-0.15, -0.1) is 0 Å². The molecule has 1 heterocycles. The van der Waals surface area contributed by atoms with Crippen molar-refractivity contribution in [1.29, 1.82) is 0 Å². The maximum Gasteiger partial charge on any atom is 0.228 e. The van der Waals surface area contributed by atoms with Crippen LogP contribution < -0.4 is 10.1 Å². The van der Waals surface area contributed by atoms with Gasteiger partial charge in [0.1, 0.15) is 17.4 Å². The number of anilines is 1. The molecular weight excluding hydrogens is 264 g/mol. The van der Waals surface area contributed by atoms with Crippen LogP contribution in [0.3, 0.4) is 0 Å². The molecule has 2 aromatic carbocycles. The number of ether oxygens (including phenoxy) is 1. The molecule has 5 heteroatoms. The first-order chi connectivity index (χ1) is 9.60. The summed E-state index contributed by atoms with van der Waals surface area (Å²) in [5.74, 6) is -1.12. The van der Waals surface area contributed by atoms with Gasteiger partial charge in [0.15, 0.2) is 0 Å². The maximum atomic E-state index is 14.2. The van der Waals surface area contributed by atoms with Gasteiger partial charge in [-0.3, -0.25) is 4.79 Å². The lowest BCUT2D eigenvalue weighted by Crippen LogP contribution is -2.03. The van der Waals surface area contributed by atoms with Gasteiger partial charge in [-0.1, -0.05) is 6.07 Å². The number of methoxy groups -OCH3 is 1. The first-order valence-electron chi connectivity index (χ1n) is 6.05. The van der Waals surface area contributed by atoms with Crippen molar-refractivity contribution in [3.63, 3.8) is 0 Å². The van der Waals surface area contributed by atoms with E-state index in [9.17, 15) is 13.6 Å². The zero-order chi connectivity index (χ0) is 14.3. The largest absolute Gasteiger partial charge is 0.496 e. The van der Waals surface area contributed by atoms with Crippen LogP contribution in [0.2, 0.25) is 0 Å². The van der Waals surface area contributed by atoms with E-state index >= 15 is 0 Å². The summed E-state index contributed by atoms with van der Waals surface area (Å²) in [7, 11) is 1.40. The van der Waals surface area contributed by atoms with Gasteiger partial charge < -0.3 is 10.1 Å². The zero-order valence-electron chi connectivity index (χ0n) is 10.7. The molecule has 2 aromatic rings. The number of rotatable bonds is 2. The number of carbonyl (C=O) groups is 1. The summed E-state index contributed by atoms with van der Waals surface area (Å²) >= 11 is 0. The summed E-state index contributed by atoms with van der Waals surface area (Å²) in [4.78, 5) is 11.3. The molecule has 20 heavy (non-hydrogen) atoms. The van der Waals surface area contributed by atoms with Gasteiger partial charge in [-0.05, 0) is 29.8 Å². The summed E-state index contributed by atoms with van der Waals surface area (Å²) in [5, 5.41) is 2.56. The van der Waals surface area contributed by atoms with Crippen molar-refractivity contribution in [3.05, 3.63) is 47.5 Å². The van der Waals surface area contributed by atoms with Gasteiger partial charge in [0.25, 0.3) is 0 Å². The SMILES string of the molecule is COc1cccc(F)c1-c1cc2c(cc1F)NC(=O)C2. The van der Waals surface area contributed by atoms with Crippen molar-refractivity contribution in [2.75, 3.05) is 12.4 Å². The molecule has 0 saturated carbocycles. The minimum absolute atomic E-state index is 0.0645. The fourth-order valence-electron chi connectivity index (χ4n) is 2.38. The second-order valence-corrected chi connectivity index (χ2v) is 4.53. The van der Waals surface area contributed by atoms with Gasteiger partial charge in [0, 0.05) is 11.3 Å². The van der Waals surface area contributed by atoms with E-state index in [-0.39, 0.29) is 29.2 Å². The second-order valence-electron chi connectivity index (χ2n) is 4.53. The molecule has 1 aliphatic rings. The molecule has 1 aliphatic heterocycles. The smallest absolute Gasteiger partial charge is 0.228 e. The van der Waals surface area contributed by atoms with Crippen LogP contribution in [0.5, 0.6) is 5.75 Å². The highest BCUT2D eigenvalue weighted by Gasteiger charge is 2.23. The van der Waals surface area contributed by atoms with Crippen LogP contribution in [-0.4, -0.2) is 13.0 Å². The second kappa shape index (κ2) is 4.59. The monoisotopic (exact) mass is 275 g/mol. The standard InChI is InChI=1S/C15H11F2NO2/c1-20-13-4-2-3-10(16)15(13)9-5-8-6-14(19)18-12(8)7-11(9)17/h2-5,7H,6H2,1H3,(H,18,19). The van der Waals surface area contributed by atoms with Crippen LogP contribution in [0.4, 0.5) is 14.5 Å². The molecule has 0 bridgehead atoms. The molecule has 1 amide bonds. The third kappa shape index (κ3) is 1.91. The highest BCUT2D eigenvalue weighted by molar-refractivity contribution is 5.99. The summed E-state index contributed by atoms with van der Waals surface area (Å²) in [6.45, 7) is 0. The van der Waals surface area contributed by atoms with Gasteiger partial charge in [0.2, 0.25) is 5.91 Å². The fraction of sp³-hybridized carbons (Fsp3) is 0.133. The van der Waals surface area contributed by atoms with E-state index in [2.05, 4.69) is 5.32 Å². The van der Waals surface area contributed by atoms with Crippen molar-refractivity contribution in [1.82, 2.24) is 0 Å². The number of amides is 1. The van der Waals surface area contributed by atoms with Crippen LogP contribution in [0, 0.1) is 11.6 Å². The lowest BCUT2D eigenvalue weighted by molar-refractivity contribution is -0.115. The molecule has 3 rings (SSSR count). The van der Waals surface area contributed by atoms with Crippen LogP contribution in [0.15, 0.2) is 30.3 Å². The molecule has 0 spiro atoms. The Labute approximate surface area is 114 Å². The predicted octanol–water partition coefficient (Wildman–Crippen LogP) is 3.14. The molecule has 0 saturated heterocycles. The highest BCUT2D eigenvalue weighted by Crippen LogP contribution is 2.37. The molecule has 102 valence electrons. The number of hydrogen-bond donors (Lipinski definition) is 1. The number of hydrogen-bond acceptors (Lipinski definition) is 2. The average Bonchev–Trinajstić information content (AvgIpc) is 2.77. The molecule has 0 atom stereocenters. The van der Waals surface area contributed by atoms with Crippen molar-refractivity contribution in [2.45, 2.75) is 6.42 Å². The number of carbonyl (C=O) groups excluding carboxylic acids is 1. The molecule has 0 aromatic heterocycles. The molecule has 0 fully saturated rings. The van der Waals surface area contributed by atoms with Crippen LogP contribution >= 0.6 is 0 Å². The fourth-order valence-corrected chi connectivity index (χ4v) is 2.38. The predicted molar refractivity (Wildman–Crippen MR) is 70.7 cm³/mol. The normalized spacial score (nSPS) is 13.1. The van der Waals surface area contributed by atoms with Gasteiger partial charge in [0.05, 0.1) is 19.1 Å². The lowest BCUT2D eigenvalue weighted by atomic mass is 9.99. The Bertz CT molecular complexity index is 713. The van der Waals surface area contributed by atoms with Gasteiger partial charge in [-0.2, -0.15) is 0 Å². The van der Waals surface area contributed by atoms with Crippen molar-refractivity contribution >= 4 is 11.6 Å². The lowest BCUT2D eigenvalue weighted by Gasteiger charge is -2.12. The third-order valence-electron chi connectivity index (χ3n) is 3.28. The van der Waals surface area contributed by atoms with Crippen LogP contribution in [-0.2, 0) is 11.2 Å². The third-order valence-corrected chi connectivity index (χ3v) is 3.28. The Morgan fingerprint density at radius 3 is 2.75 bits per heavy atom. The molecule has 0 radical (unpaired) electrons. The number of benzene rings is 2. The van der Waals surface area contributed by atoms with E-state index in [1.165, 1.54) is 31.4 Å². The molecule has 1 N–H and O–H groups in total. The number of halogens is 2. The van der Waals surface area contributed by atoms with Crippen molar-refractivity contribution in [2.24, 2.45) is 0 Å². The number of fused-ring (bicyclic) bond motifs is 1. The zero-order valence-corrected chi connectivity index (χ0v) is 10.7. The topological polar surface area (TPSA) is 38.3 Å². The molecule has 0 unspecified atom stereocenters. The first-order valence-corrected chi connectivity index (χ1v) is 6.05. The summed E-state index contributed by atoms with van der Waals surface area (Å²) in [6.07, 6.45) is 0.166. The summed E-state index contributed by atoms with van der Waals surface area (Å²) in [6, 6.07) is 7.00. The van der Waals surface area contributed by atoms with E-state index < -0.39 is 11.6 Å². The van der Waals surface area contributed by atoms with E-state index in [4.69, 9.17) is 4.74 Å². The van der Waals surface area contributed by atoms with E-state index in [1.54, 1.807) is 6.07 Å².